The van der Waals surface area contributed by atoms with Gasteiger partial charge in [-0.25, -0.2) is 0 Å². The van der Waals surface area contributed by atoms with Crippen LogP contribution in [0.4, 0.5) is 5.69 Å². The molecule has 3 heteroatoms. The first-order chi connectivity index (χ1) is 9.79. The van der Waals surface area contributed by atoms with Gasteiger partial charge in [0.15, 0.2) is 5.96 Å². The molecule has 0 saturated heterocycles. The van der Waals surface area contributed by atoms with Crippen LogP contribution in [0.25, 0.3) is 0 Å². The Kier molecular flexibility index (Phi) is 5.18. The lowest BCUT2D eigenvalue weighted by Gasteiger charge is -2.13. The van der Waals surface area contributed by atoms with Gasteiger partial charge in [-0.3, -0.25) is 4.99 Å². The SMILES string of the molecule is CCC(CN=C(N)Nc1ccccc1)c1ccccc1. The third-order valence-corrected chi connectivity index (χ3v) is 3.29. The average Bonchev–Trinajstić information content (AvgIpc) is 2.50. The van der Waals surface area contributed by atoms with Gasteiger partial charge in [-0.1, -0.05) is 55.5 Å². The molecule has 1 atom stereocenters. The van der Waals surface area contributed by atoms with Crippen molar-refractivity contribution in [3.63, 3.8) is 0 Å². The van der Waals surface area contributed by atoms with E-state index < -0.39 is 0 Å². The van der Waals surface area contributed by atoms with Gasteiger partial charge in [-0.2, -0.15) is 0 Å². The Labute approximate surface area is 120 Å². The summed E-state index contributed by atoms with van der Waals surface area (Å²) in [6.07, 6.45) is 1.05. The van der Waals surface area contributed by atoms with E-state index in [1.54, 1.807) is 0 Å². The van der Waals surface area contributed by atoms with Crippen LogP contribution in [0.1, 0.15) is 24.8 Å². The second-order valence-corrected chi connectivity index (χ2v) is 4.73. The molecular formula is C17H21N3. The summed E-state index contributed by atoms with van der Waals surface area (Å²) in [6.45, 7) is 2.88. The molecule has 2 aromatic carbocycles. The summed E-state index contributed by atoms with van der Waals surface area (Å²) in [5.74, 6) is 0.873. The lowest BCUT2D eigenvalue weighted by Crippen LogP contribution is -2.23. The van der Waals surface area contributed by atoms with E-state index in [0.717, 1.165) is 12.1 Å². The summed E-state index contributed by atoms with van der Waals surface area (Å²) in [4.78, 5) is 4.45. The first kappa shape index (κ1) is 14.1. The summed E-state index contributed by atoms with van der Waals surface area (Å²) in [5, 5.41) is 3.10. The Hall–Kier alpha value is -2.29. The number of nitrogens with zero attached hydrogens (tertiary/aromatic N) is 1. The minimum Gasteiger partial charge on any atom is -0.370 e. The summed E-state index contributed by atoms with van der Waals surface area (Å²) in [5.41, 5.74) is 8.20. The van der Waals surface area contributed by atoms with Crippen molar-refractivity contribution in [2.24, 2.45) is 10.7 Å². The Morgan fingerprint density at radius 1 is 1.05 bits per heavy atom. The molecule has 2 aromatic rings. The molecule has 0 amide bonds. The number of anilines is 1. The van der Waals surface area contributed by atoms with Crippen LogP contribution in [-0.4, -0.2) is 12.5 Å². The second-order valence-electron chi connectivity index (χ2n) is 4.73. The number of aliphatic imine (C=N–C) groups is 1. The number of rotatable bonds is 5. The normalized spacial score (nSPS) is 12.9. The number of hydrogen-bond donors (Lipinski definition) is 2. The van der Waals surface area contributed by atoms with Gasteiger partial charge >= 0.3 is 0 Å². The Bertz CT molecular complexity index is 535. The molecular weight excluding hydrogens is 246 g/mol. The van der Waals surface area contributed by atoms with Crippen LogP contribution in [0.2, 0.25) is 0 Å². The minimum atomic E-state index is 0.410. The topological polar surface area (TPSA) is 50.4 Å². The molecule has 3 N–H and O–H groups in total. The quantitative estimate of drug-likeness (QED) is 0.642. The fourth-order valence-corrected chi connectivity index (χ4v) is 2.11. The van der Waals surface area contributed by atoms with Crippen LogP contribution in [0.15, 0.2) is 65.7 Å². The highest BCUT2D eigenvalue weighted by Gasteiger charge is 2.08. The molecule has 0 spiro atoms. The Balaban J connectivity index is 1.96. The molecule has 0 aliphatic carbocycles. The highest BCUT2D eigenvalue weighted by Crippen LogP contribution is 2.19. The van der Waals surface area contributed by atoms with Gasteiger partial charge in [-0.05, 0) is 24.1 Å². The van der Waals surface area contributed by atoms with Gasteiger partial charge in [0.1, 0.15) is 0 Å². The molecule has 2 rings (SSSR count). The number of nitrogens with one attached hydrogen (secondary N) is 1. The number of para-hydroxylation sites is 1. The largest absolute Gasteiger partial charge is 0.370 e. The zero-order valence-corrected chi connectivity index (χ0v) is 11.8. The van der Waals surface area contributed by atoms with Crippen LogP contribution in [-0.2, 0) is 0 Å². The van der Waals surface area contributed by atoms with Gasteiger partial charge in [0.05, 0.1) is 0 Å². The standard InChI is InChI=1S/C17H21N3/c1-2-14(15-9-5-3-6-10-15)13-19-17(18)20-16-11-7-4-8-12-16/h3-12,14H,2,13H2,1H3,(H3,18,19,20). The molecule has 0 aliphatic heterocycles. The zero-order chi connectivity index (χ0) is 14.2. The lowest BCUT2D eigenvalue weighted by atomic mass is 9.97. The van der Waals surface area contributed by atoms with E-state index in [1.807, 2.05) is 36.4 Å². The van der Waals surface area contributed by atoms with E-state index >= 15 is 0 Å². The minimum absolute atomic E-state index is 0.410. The molecule has 104 valence electrons. The van der Waals surface area contributed by atoms with Crippen LogP contribution in [0.5, 0.6) is 0 Å². The maximum Gasteiger partial charge on any atom is 0.193 e. The fourth-order valence-electron chi connectivity index (χ4n) is 2.11. The summed E-state index contributed by atoms with van der Waals surface area (Å²) in [6, 6.07) is 20.3. The molecule has 0 bridgehead atoms. The molecule has 3 nitrogen and oxygen atoms in total. The fraction of sp³-hybridized carbons (Fsp3) is 0.235. The average molecular weight is 267 g/mol. The highest BCUT2D eigenvalue weighted by molar-refractivity contribution is 5.92. The van der Waals surface area contributed by atoms with Gasteiger partial charge in [0.2, 0.25) is 0 Å². The van der Waals surface area contributed by atoms with Crippen LogP contribution in [0, 0.1) is 0 Å². The molecule has 0 saturated carbocycles. The molecule has 0 fully saturated rings. The zero-order valence-electron chi connectivity index (χ0n) is 11.8. The van der Waals surface area contributed by atoms with E-state index in [-0.39, 0.29) is 0 Å². The molecule has 0 aliphatic rings. The maximum atomic E-state index is 5.93. The molecule has 20 heavy (non-hydrogen) atoms. The Morgan fingerprint density at radius 3 is 2.25 bits per heavy atom. The van der Waals surface area contributed by atoms with E-state index in [0.29, 0.717) is 18.4 Å². The number of nitrogens with two attached hydrogens (primary N) is 1. The molecule has 0 heterocycles. The van der Waals surface area contributed by atoms with Crippen molar-refractivity contribution in [2.75, 3.05) is 11.9 Å². The monoisotopic (exact) mass is 267 g/mol. The lowest BCUT2D eigenvalue weighted by molar-refractivity contribution is 0.675. The van der Waals surface area contributed by atoms with Crippen molar-refractivity contribution >= 4 is 11.6 Å². The van der Waals surface area contributed by atoms with Gasteiger partial charge in [0.25, 0.3) is 0 Å². The van der Waals surface area contributed by atoms with Crippen molar-refractivity contribution < 1.29 is 0 Å². The van der Waals surface area contributed by atoms with E-state index in [1.165, 1.54) is 5.56 Å². The van der Waals surface area contributed by atoms with E-state index in [9.17, 15) is 0 Å². The predicted molar refractivity (Wildman–Crippen MR) is 86.0 cm³/mol. The van der Waals surface area contributed by atoms with Gasteiger partial charge in [0, 0.05) is 18.2 Å². The van der Waals surface area contributed by atoms with Crippen LogP contribution < -0.4 is 11.1 Å². The third-order valence-electron chi connectivity index (χ3n) is 3.29. The highest BCUT2D eigenvalue weighted by atomic mass is 15.1. The maximum absolute atomic E-state index is 5.93. The predicted octanol–water partition coefficient (Wildman–Crippen LogP) is 3.61. The summed E-state index contributed by atoms with van der Waals surface area (Å²) < 4.78 is 0. The van der Waals surface area contributed by atoms with Crippen molar-refractivity contribution in [1.29, 1.82) is 0 Å². The van der Waals surface area contributed by atoms with Crippen molar-refractivity contribution in [1.82, 2.24) is 0 Å². The molecule has 1 unspecified atom stereocenters. The summed E-state index contributed by atoms with van der Waals surface area (Å²) >= 11 is 0. The van der Waals surface area contributed by atoms with Crippen molar-refractivity contribution in [3.8, 4) is 0 Å². The van der Waals surface area contributed by atoms with Crippen molar-refractivity contribution in [2.45, 2.75) is 19.3 Å². The van der Waals surface area contributed by atoms with E-state index in [2.05, 4.69) is 41.5 Å². The molecule has 0 radical (unpaired) electrons. The first-order valence-electron chi connectivity index (χ1n) is 6.96. The number of benzene rings is 2. The third kappa shape index (κ3) is 4.12. The van der Waals surface area contributed by atoms with Gasteiger partial charge in [-0.15, -0.1) is 0 Å². The summed E-state index contributed by atoms with van der Waals surface area (Å²) in [7, 11) is 0. The smallest absolute Gasteiger partial charge is 0.193 e. The van der Waals surface area contributed by atoms with Crippen molar-refractivity contribution in [3.05, 3.63) is 66.2 Å². The Morgan fingerprint density at radius 2 is 1.65 bits per heavy atom. The second kappa shape index (κ2) is 7.34. The number of hydrogen-bond acceptors (Lipinski definition) is 1. The van der Waals surface area contributed by atoms with Gasteiger partial charge < -0.3 is 11.1 Å². The number of guanidine groups is 1. The molecule has 0 aromatic heterocycles. The van der Waals surface area contributed by atoms with E-state index in [4.69, 9.17) is 5.73 Å². The van der Waals surface area contributed by atoms with Crippen LogP contribution in [0.3, 0.4) is 0 Å². The van der Waals surface area contributed by atoms with Crippen LogP contribution >= 0.6 is 0 Å². The first-order valence-corrected chi connectivity index (χ1v) is 6.96.